The Kier molecular flexibility index (Phi) is 7.03. The largest absolute Gasteiger partial charge is 0.573 e. The fourth-order valence-corrected chi connectivity index (χ4v) is 2.49. The number of rotatable bonds is 4. The molecule has 1 heterocycles. The van der Waals surface area contributed by atoms with Crippen molar-refractivity contribution in [1.82, 2.24) is 14.8 Å². The first-order valence-electron chi connectivity index (χ1n) is 7.51. The molecule has 0 aliphatic rings. The number of hydrogen-bond donors (Lipinski definition) is 1. The lowest BCUT2D eigenvalue weighted by Gasteiger charge is -2.14. The molecule has 2 aromatic carbocycles. The Morgan fingerprint density at radius 1 is 1.10 bits per heavy atom. The van der Waals surface area contributed by atoms with Gasteiger partial charge in [-0.15, -0.1) is 13.2 Å². The molecular formula is C17H16F4N4O4. The van der Waals surface area contributed by atoms with Gasteiger partial charge in [-0.1, -0.05) is 18.2 Å². The van der Waals surface area contributed by atoms with E-state index in [1.807, 2.05) is 0 Å². The third kappa shape index (κ3) is 5.06. The summed E-state index contributed by atoms with van der Waals surface area (Å²) in [4.78, 5) is 15.3. The number of aryl methyl sites for hydroxylation is 1. The van der Waals surface area contributed by atoms with Crippen molar-refractivity contribution in [3.63, 3.8) is 0 Å². The summed E-state index contributed by atoms with van der Waals surface area (Å²) in [5, 5.41) is 4.02. The molecule has 12 heteroatoms. The maximum Gasteiger partial charge on any atom is 0.573 e. The van der Waals surface area contributed by atoms with E-state index in [2.05, 4.69) is 14.8 Å². The molecular weight excluding hydrogens is 400 g/mol. The van der Waals surface area contributed by atoms with Crippen LogP contribution < -0.4 is 10.5 Å². The van der Waals surface area contributed by atoms with E-state index in [0.29, 0.717) is 0 Å². The number of para-hydroxylation sites is 1. The van der Waals surface area contributed by atoms with Gasteiger partial charge in [0.1, 0.15) is 11.6 Å². The first kappa shape index (κ1) is 23.5. The summed E-state index contributed by atoms with van der Waals surface area (Å²) in [6, 6.07) is 8.85. The first-order valence-corrected chi connectivity index (χ1v) is 7.51. The summed E-state index contributed by atoms with van der Waals surface area (Å²) in [5.41, 5.74) is 5.24. The Hall–Kier alpha value is -3.51. The van der Waals surface area contributed by atoms with Crippen LogP contribution in [0, 0.1) is 5.82 Å². The third-order valence-electron chi connectivity index (χ3n) is 3.61. The fraction of sp³-hybridized carbons (Fsp3) is 0.118. The summed E-state index contributed by atoms with van der Waals surface area (Å²) in [6.45, 7) is 0. The van der Waals surface area contributed by atoms with Crippen LogP contribution in [0.25, 0.3) is 22.5 Å². The highest BCUT2D eigenvalue weighted by molar-refractivity contribution is 5.89. The molecule has 29 heavy (non-hydrogen) atoms. The van der Waals surface area contributed by atoms with Crippen molar-refractivity contribution in [2.24, 2.45) is 12.8 Å². The molecule has 8 nitrogen and oxygen atoms in total. The van der Waals surface area contributed by atoms with E-state index in [1.54, 1.807) is 0 Å². The number of aromatic nitrogens is 3. The van der Waals surface area contributed by atoms with E-state index >= 15 is 0 Å². The molecule has 1 amide bonds. The number of halogens is 4. The molecule has 3 rings (SSSR count). The highest BCUT2D eigenvalue weighted by atomic mass is 19.4. The first-order chi connectivity index (χ1) is 12.7. The number of carbonyl (C=O) groups excluding carboxylic acids is 1. The second-order valence-corrected chi connectivity index (χ2v) is 5.49. The third-order valence-corrected chi connectivity index (χ3v) is 3.61. The van der Waals surface area contributed by atoms with E-state index in [0.717, 1.165) is 16.8 Å². The van der Waals surface area contributed by atoms with Gasteiger partial charge < -0.3 is 21.4 Å². The normalized spacial score (nSPS) is 10.7. The molecule has 0 atom stereocenters. The van der Waals surface area contributed by atoms with E-state index in [4.69, 9.17) is 5.73 Å². The van der Waals surface area contributed by atoms with Crippen molar-refractivity contribution >= 4 is 5.91 Å². The molecule has 0 fully saturated rings. The van der Waals surface area contributed by atoms with Gasteiger partial charge in [-0.2, -0.15) is 5.10 Å². The molecule has 0 radical (unpaired) electrons. The van der Waals surface area contributed by atoms with Crippen LogP contribution in [0.15, 0.2) is 42.5 Å². The van der Waals surface area contributed by atoms with E-state index < -0.39 is 23.8 Å². The van der Waals surface area contributed by atoms with Crippen molar-refractivity contribution in [2.75, 3.05) is 0 Å². The Morgan fingerprint density at radius 2 is 1.76 bits per heavy atom. The summed E-state index contributed by atoms with van der Waals surface area (Å²) in [6.07, 6.45) is -4.93. The number of amides is 1. The van der Waals surface area contributed by atoms with Crippen LogP contribution >= 0.6 is 0 Å². The molecule has 3 aromatic rings. The van der Waals surface area contributed by atoms with Gasteiger partial charge in [0, 0.05) is 23.7 Å². The molecule has 0 bridgehead atoms. The van der Waals surface area contributed by atoms with Crippen molar-refractivity contribution in [1.29, 1.82) is 0 Å². The summed E-state index contributed by atoms with van der Waals surface area (Å²) >= 11 is 0. The second-order valence-electron chi connectivity index (χ2n) is 5.49. The van der Waals surface area contributed by atoms with Crippen LogP contribution in [-0.4, -0.2) is 38.0 Å². The van der Waals surface area contributed by atoms with Gasteiger partial charge in [-0.25, -0.2) is 14.1 Å². The van der Waals surface area contributed by atoms with E-state index in [9.17, 15) is 22.4 Å². The van der Waals surface area contributed by atoms with Crippen LogP contribution in [0.2, 0.25) is 0 Å². The lowest BCUT2D eigenvalue weighted by molar-refractivity contribution is -0.274. The van der Waals surface area contributed by atoms with Gasteiger partial charge >= 0.3 is 6.36 Å². The quantitative estimate of drug-likeness (QED) is 0.644. The Labute approximate surface area is 161 Å². The maximum absolute atomic E-state index is 14.3. The Morgan fingerprint density at radius 3 is 2.34 bits per heavy atom. The van der Waals surface area contributed by atoms with Gasteiger partial charge in [0.05, 0.1) is 0 Å². The van der Waals surface area contributed by atoms with Crippen LogP contribution in [0.1, 0.15) is 10.6 Å². The number of carbonyl (C=O) groups is 1. The molecule has 156 valence electrons. The van der Waals surface area contributed by atoms with Gasteiger partial charge in [0.25, 0.3) is 5.91 Å². The zero-order chi connectivity index (χ0) is 19.8. The average molecular weight is 416 g/mol. The predicted octanol–water partition coefficient (Wildman–Crippen LogP) is 1.64. The Balaban J connectivity index is 0.00000210. The maximum atomic E-state index is 14.3. The number of alkyl halides is 3. The molecule has 0 spiro atoms. The summed E-state index contributed by atoms with van der Waals surface area (Å²) < 4.78 is 57.3. The summed E-state index contributed by atoms with van der Waals surface area (Å²) in [5.74, 6) is -2.16. The molecule has 0 unspecified atom stereocenters. The van der Waals surface area contributed by atoms with Gasteiger partial charge in [0.2, 0.25) is 5.82 Å². The van der Waals surface area contributed by atoms with Crippen molar-refractivity contribution in [3.8, 4) is 28.3 Å². The van der Waals surface area contributed by atoms with Gasteiger partial charge in [-0.05, 0) is 24.3 Å². The predicted molar refractivity (Wildman–Crippen MR) is 94.3 cm³/mol. The number of nitrogens with zero attached hydrogens (tertiary/aromatic N) is 3. The van der Waals surface area contributed by atoms with Gasteiger partial charge in [-0.3, -0.25) is 4.79 Å². The highest BCUT2D eigenvalue weighted by Gasteiger charge is 2.32. The molecule has 0 aliphatic heterocycles. The summed E-state index contributed by atoms with van der Waals surface area (Å²) in [7, 11) is 1.45. The van der Waals surface area contributed by atoms with Crippen LogP contribution in [0.3, 0.4) is 0 Å². The minimum atomic E-state index is -4.93. The lowest BCUT2D eigenvalue weighted by Crippen LogP contribution is -2.17. The monoisotopic (exact) mass is 416 g/mol. The van der Waals surface area contributed by atoms with Crippen molar-refractivity contribution < 1.29 is 38.0 Å². The fourth-order valence-electron chi connectivity index (χ4n) is 2.49. The molecule has 6 N–H and O–H groups in total. The molecule has 0 aliphatic carbocycles. The highest BCUT2D eigenvalue weighted by Crippen LogP contribution is 2.36. The van der Waals surface area contributed by atoms with E-state index in [1.165, 1.54) is 37.4 Å². The number of benzene rings is 2. The molecule has 0 saturated heterocycles. The zero-order valence-electron chi connectivity index (χ0n) is 14.8. The van der Waals surface area contributed by atoms with Gasteiger partial charge in [0.15, 0.2) is 5.82 Å². The SMILES string of the molecule is Cn1nc(-c2ccc(F)c(-c3ccccc3OC(F)(F)F)c2)nc1C(N)=O.O.O. The molecule has 1 aromatic heterocycles. The Bertz CT molecular complexity index is 1020. The van der Waals surface area contributed by atoms with Crippen LogP contribution in [0.5, 0.6) is 5.75 Å². The standard InChI is InChI=1S/C17H12F4N4O2.2H2O/c1-25-16(14(22)26)23-15(24-25)9-6-7-12(18)11(8-9)10-4-2-3-5-13(10)27-17(19,20)21;;/h2-8H,1H3,(H2,22,26);2*1H2. The smallest absolute Gasteiger partial charge is 0.412 e. The average Bonchev–Trinajstić information content (AvgIpc) is 2.97. The van der Waals surface area contributed by atoms with Crippen molar-refractivity contribution in [3.05, 3.63) is 54.1 Å². The number of nitrogens with two attached hydrogens (primary N) is 1. The lowest BCUT2D eigenvalue weighted by atomic mass is 10.0. The topological polar surface area (TPSA) is 146 Å². The minimum absolute atomic E-state index is 0. The number of primary amides is 1. The van der Waals surface area contributed by atoms with E-state index in [-0.39, 0.29) is 39.3 Å². The number of ether oxygens (including phenoxy) is 1. The number of hydrogen-bond acceptors (Lipinski definition) is 4. The zero-order valence-corrected chi connectivity index (χ0v) is 14.8. The second kappa shape index (κ2) is 8.67. The van der Waals surface area contributed by atoms with Crippen molar-refractivity contribution in [2.45, 2.75) is 6.36 Å². The van der Waals surface area contributed by atoms with Crippen LogP contribution in [0.4, 0.5) is 17.6 Å². The molecule has 0 saturated carbocycles. The minimum Gasteiger partial charge on any atom is -0.412 e. The van der Waals surface area contributed by atoms with Crippen LogP contribution in [-0.2, 0) is 7.05 Å².